The van der Waals surface area contributed by atoms with Gasteiger partial charge in [-0.3, -0.25) is 4.79 Å². The third-order valence-corrected chi connectivity index (χ3v) is 3.08. The Morgan fingerprint density at radius 3 is 2.13 bits per heavy atom. The molecule has 1 aliphatic carbocycles. The molecule has 0 aromatic carbocycles. The predicted octanol–water partition coefficient (Wildman–Crippen LogP) is 3.20. The SMILES string of the molecule is CC(C)COC1(C(=O)C(C)C)CCCC1. The Balaban J connectivity index is 2.66. The maximum Gasteiger partial charge on any atom is 0.167 e. The van der Waals surface area contributed by atoms with Crippen LogP contribution in [0.5, 0.6) is 0 Å². The van der Waals surface area contributed by atoms with E-state index < -0.39 is 5.60 Å². The summed E-state index contributed by atoms with van der Waals surface area (Å²) in [6, 6.07) is 0. The average Bonchev–Trinajstić information content (AvgIpc) is 2.63. The molecular formula is C13H24O2. The van der Waals surface area contributed by atoms with Crippen LogP contribution in [-0.2, 0) is 9.53 Å². The highest BCUT2D eigenvalue weighted by Gasteiger charge is 2.42. The molecular weight excluding hydrogens is 188 g/mol. The number of carbonyl (C=O) groups is 1. The van der Waals surface area contributed by atoms with Crippen molar-refractivity contribution in [2.24, 2.45) is 11.8 Å². The van der Waals surface area contributed by atoms with Crippen molar-refractivity contribution in [1.82, 2.24) is 0 Å². The largest absolute Gasteiger partial charge is 0.367 e. The molecule has 0 atom stereocenters. The van der Waals surface area contributed by atoms with E-state index in [9.17, 15) is 4.79 Å². The van der Waals surface area contributed by atoms with Gasteiger partial charge in [0.05, 0.1) is 6.61 Å². The van der Waals surface area contributed by atoms with Gasteiger partial charge in [0, 0.05) is 5.92 Å². The molecule has 88 valence electrons. The molecule has 0 spiro atoms. The second kappa shape index (κ2) is 5.11. The molecule has 1 fully saturated rings. The minimum atomic E-state index is -0.432. The van der Waals surface area contributed by atoms with Gasteiger partial charge in [-0.25, -0.2) is 0 Å². The Labute approximate surface area is 93.4 Å². The van der Waals surface area contributed by atoms with Crippen molar-refractivity contribution in [1.29, 1.82) is 0 Å². The lowest BCUT2D eigenvalue weighted by Gasteiger charge is -2.30. The minimum Gasteiger partial charge on any atom is -0.367 e. The number of carbonyl (C=O) groups excluding carboxylic acids is 1. The van der Waals surface area contributed by atoms with Crippen LogP contribution < -0.4 is 0 Å². The van der Waals surface area contributed by atoms with Crippen molar-refractivity contribution < 1.29 is 9.53 Å². The Hall–Kier alpha value is -0.370. The fourth-order valence-electron chi connectivity index (χ4n) is 2.26. The van der Waals surface area contributed by atoms with Crippen molar-refractivity contribution >= 4 is 5.78 Å². The Morgan fingerprint density at radius 1 is 1.20 bits per heavy atom. The summed E-state index contributed by atoms with van der Waals surface area (Å²) in [5.74, 6) is 0.901. The third-order valence-electron chi connectivity index (χ3n) is 3.08. The zero-order chi connectivity index (χ0) is 11.5. The first-order chi connectivity index (χ1) is 6.98. The van der Waals surface area contributed by atoms with Gasteiger partial charge in [-0.2, -0.15) is 0 Å². The Morgan fingerprint density at radius 2 is 1.73 bits per heavy atom. The van der Waals surface area contributed by atoms with E-state index in [1.54, 1.807) is 0 Å². The van der Waals surface area contributed by atoms with Crippen LogP contribution in [0.1, 0.15) is 53.4 Å². The quantitative estimate of drug-likeness (QED) is 0.699. The van der Waals surface area contributed by atoms with E-state index in [-0.39, 0.29) is 5.92 Å². The molecule has 0 aromatic heterocycles. The molecule has 0 bridgehead atoms. The standard InChI is InChI=1S/C13H24O2/c1-10(2)9-15-13(7-5-6-8-13)12(14)11(3)4/h10-11H,5-9H2,1-4H3. The van der Waals surface area contributed by atoms with Crippen LogP contribution in [0.25, 0.3) is 0 Å². The van der Waals surface area contributed by atoms with Gasteiger partial charge < -0.3 is 4.74 Å². The summed E-state index contributed by atoms with van der Waals surface area (Å²) in [7, 11) is 0. The normalized spacial score (nSPS) is 20.1. The van der Waals surface area contributed by atoms with E-state index in [0.717, 1.165) is 25.7 Å². The van der Waals surface area contributed by atoms with E-state index >= 15 is 0 Å². The van der Waals surface area contributed by atoms with Crippen LogP contribution in [0.2, 0.25) is 0 Å². The van der Waals surface area contributed by atoms with Crippen molar-refractivity contribution in [3.05, 3.63) is 0 Å². The van der Waals surface area contributed by atoms with Gasteiger partial charge in [0.1, 0.15) is 5.60 Å². The van der Waals surface area contributed by atoms with Crippen LogP contribution in [0.4, 0.5) is 0 Å². The summed E-state index contributed by atoms with van der Waals surface area (Å²) >= 11 is 0. The Bertz CT molecular complexity index is 213. The van der Waals surface area contributed by atoms with Crippen molar-refractivity contribution in [2.75, 3.05) is 6.61 Å². The third kappa shape index (κ3) is 3.04. The first kappa shape index (κ1) is 12.7. The fourth-order valence-corrected chi connectivity index (χ4v) is 2.26. The van der Waals surface area contributed by atoms with E-state index in [1.807, 2.05) is 13.8 Å². The summed E-state index contributed by atoms with van der Waals surface area (Å²) in [5, 5.41) is 0. The number of Topliss-reactive ketones (excluding diaryl/α,β-unsaturated/α-hetero) is 1. The average molecular weight is 212 g/mol. The van der Waals surface area contributed by atoms with Crippen molar-refractivity contribution in [3.63, 3.8) is 0 Å². The van der Waals surface area contributed by atoms with E-state index in [2.05, 4.69) is 13.8 Å². The molecule has 0 amide bonds. The number of hydrogen-bond donors (Lipinski definition) is 0. The monoisotopic (exact) mass is 212 g/mol. The molecule has 0 saturated heterocycles. The zero-order valence-electron chi connectivity index (χ0n) is 10.5. The molecule has 0 unspecified atom stereocenters. The minimum absolute atomic E-state index is 0.0928. The summed E-state index contributed by atoms with van der Waals surface area (Å²) in [6.07, 6.45) is 4.13. The number of rotatable bonds is 5. The lowest BCUT2D eigenvalue weighted by molar-refractivity contribution is -0.149. The number of ether oxygens (including phenoxy) is 1. The molecule has 2 heteroatoms. The maximum atomic E-state index is 12.2. The molecule has 15 heavy (non-hydrogen) atoms. The van der Waals surface area contributed by atoms with Gasteiger partial charge in [0.2, 0.25) is 0 Å². The first-order valence-corrected chi connectivity index (χ1v) is 6.16. The van der Waals surface area contributed by atoms with E-state index in [4.69, 9.17) is 4.74 Å². The molecule has 0 heterocycles. The van der Waals surface area contributed by atoms with E-state index in [1.165, 1.54) is 0 Å². The van der Waals surface area contributed by atoms with Gasteiger partial charge in [0.15, 0.2) is 5.78 Å². The highest BCUT2D eigenvalue weighted by atomic mass is 16.5. The summed E-state index contributed by atoms with van der Waals surface area (Å²) in [6.45, 7) is 8.91. The summed E-state index contributed by atoms with van der Waals surface area (Å²) in [4.78, 5) is 12.2. The van der Waals surface area contributed by atoms with Crippen LogP contribution in [0.3, 0.4) is 0 Å². The molecule has 0 aliphatic heterocycles. The van der Waals surface area contributed by atoms with Gasteiger partial charge in [0.25, 0.3) is 0 Å². The number of ketones is 1. The van der Waals surface area contributed by atoms with Crippen LogP contribution in [0, 0.1) is 11.8 Å². The molecule has 1 aliphatic rings. The highest BCUT2D eigenvalue weighted by molar-refractivity contribution is 5.89. The molecule has 2 nitrogen and oxygen atoms in total. The van der Waals surface area contributed by atoms with Crippen LogP contribution in [0.15, 0.2) is 0 Å². The van der Waals surface area contributed by atoms with Crippen LogP contribution >= 0.6 is 0 Å². The lowest BCUT2D eigenvalue weighted by atomic mass is 9.89. The zero-order valence-corrected chi connectivity index (χ0v) is 10.5. The summed E-state index contributed by atoms with van der Waals surface area (Å²) in [5.41, 5.74) is -0.432. The van der Waals surface area contributed by atoms with Gasteiger partial charge in [-0.05, 0) is 31.6 Å². The molecule has 0 aromatic rings. The predicted molar refractivity (Wildman–Crippen MR) is 61.8 cm³/mol. The van der Waals surface area contributed by atoms with Crippen LogP contribution in [-0.4, -0.2) is 18.0 Å². The van der Waals surface area contributed by atoms with Gasteiger partial charge >= 0.3 is 0 Å². The molecule has 0 radical (unpaired) electrons. The lowest BCUT2D eigenvalue weighted by Crippen LogP contribution is -2.42. The van der Waals surface area contributed by atoms with Gasteiger partial charge in [-0.1, -0.05) is 27.7 Å². The topological polar surface area (TPSA) is 26.3 Å². The number of hydrogen-bond acceptors (Lipinski definition) is 2. The second-order valence-corrected chi connectivity index (χ2v) is 5.43. The van der Waals surface area contributed by atoms with E-state index in [0.29, 0.717) is 18.3 Å². The molecule has 1 saturated carbocycles. The first-order valence-electron chi connectivity index (χ1n) is 6.16. The maximum absolute atomic E-state index is 12.2. The smallest absolute Gasteiger partial charge is 0.167 e. The van der Waals surface area contributed by atoms with Crippen molar-refractivity contribution in [3.8, 4) is 0 Å². The van der Waals surface area contributed by atoms with Gasteiger partial charge in [-0.15, -0.1) is 0 Å². The van der Waals surface area contributed by atoms with Crippen molar-refractivity contribution in [2.45, 2.75) is 59.0 Å². The highest BCUT2D eigenvalue weighted by Crippen LogP contribution is 2.36. The Kier molecular flexibility index (Phi) is 4.32. The molecule has 0 N–H and O–H groups in total. The molecule has 1 rings (SSSR count). The second-order valence-electron chi connectivity index (χ2n) is 5.43. The fraction of sp³-hybridized carbons (Fsp3) is 0.923. The summed E-state index contributed by atoms with van der Waals surface area (Å²) < 4.78 is 5.93.